The molecule has 5 rings (SSSR count). The average Bonchev–Trinajstić information content (AvgIpc) is 3.29. The highest BCUT2D eigenvalue weighted by molar-refractivity contribution is 5.85. The van der Waals surface area contributed by atoms with Crippen LogP contribution in [0.25, 0.3) is 39.1 Å². The first-order valence-corrected chi connectivity index (χ1v) is 8.87. The number of rotatable bonds is 4. The van der Waals surface area contributed by atoms with Crippen molar-refractivity contribution in [1.82, 2.24) is 29.4 Å². The monoisotopic (exact) mass is 388 g/mol. The van der Waals surface area contributed by atoms with E-state index in [1.165, 1.54) is 6.07 Å². The molecule has 0 radical (unpaired) electrons. The molecule has 2 N–H and O–H groups in total. The minimum Gasteiger partial charge on any atom is -0.492 e. The Balaban J connectivity index is 1.70. The smallest absolute Gasteiger partial charge is 0.275 e. The Labute approximate surface area is 163 Å². The van der Waals surface area contributed by atoms with Crippen molar-refractivity contribution in [2.75, 3.05) is 7.11 Å². The summed E-state index contributed by atoms with van der Waals surface area (Å²) in [7, 11) is 1.61. The van der Waals surface area contributed by atoms with Gasteiger partial charge in [-0.15, -0.1) is 5.10 Å². The molecule has 0 aliphatic heterocycles. The zero-order chi connectivity index (χ0) is 20.0. The second-order valence-corrected chi connectivity index (χ2v) is 6.53. The predicted molar refractivity (Wildman–Crippen MR) is 106 cm³/mol. The molecule has 29 heavy (non-hydrogen) atoms. The lowest BCUT2D eigenvalue weighted by atomic mass is 10.1. The molecule has 5 aromatic rings. The van der Waals surface area contributed by atoms with Crippen LogP contribution in [0.5, 0.6) is 5.88 Å². The Hall–Kier alpha value is -3.98. The van der Waals surface area contributed by atoms with Crippen LogP contribution in [0.3, 0.4) is 0 Å². The summed E-state index contributed by atoms with van der Waals surface area (Å²) in [5.41, 5.74) is 3.24. The Bertz CT molecular complexity index is 1400. The van der Waals surface area contributed by atoms with Gasteiger partial charge >= 0.3 is 0 Å². The van der Waals surface area contributed by atoms with E-state index >= 15 is 0 Å². The van der Waals surface area contributed by atoms with E-state index in [4.69, 9.17) is 4.74 Å². The first kappa shape index (κ1) is 17.1. The second kappa shape index (κ2) is 6.57. The van der Waals surface area contributed by atoms with Crippen LogP contribution in [0, 0.1) is 0 Å². The maximum absolute atomic E-state index is 12.6. The van der Waals surface area contributed by atoms with Crippen molar-refractivity contribution >= 4 is 16.6 Å². The largest absolute Gasteiger partial charge is 0.492 e. The lowest BCUT2D eigenvalue weighted by Gasteiger charge is -2.06. The molecule has 0 amide bonds. The number of methoxy groups -OCH3 is 1. The van der Waals surface area contributed by atoms with Crippen LogP contribution in [0.2, 0.25) is 0 Å². The van der Waals surface area contributed by atoms with E-state index in [2.05, 4.69) is 20.2 Å². The number of H-pyrrole nitrogens is 1. The molecule has 4 aromatic heterocycles. The van der Waals surface area contributed by atoms with Gasteiger partial charge in [0.05, 0.1) is 23.1 Å². The fourth-order valence-electron chi connectivity index (χ4n) is 3.41. The van der Waals surface area contributed by atoms with Crippen LogP contribution in [0.15, 0.2) is 59.7 Å². The van der Waals surface area contributed by atoms with Crippen LogP contribution in [-0.4, -0.2) is 41.6 Å². The summed E-state index contributed by atoms with van der Waals surface area (Å²) in [6.07, 6.45) is 3.37. The van der Waals surface area contributed by atoms with E-state index in [0.29, 0.717) is 29.3 Å². The molecule has 0 saturated heterocycles. The number of benzene rings is 1. The number of nitrogens with one attached hydrogen (secondary N) is 1. The minimum absolute atomic E-state index is 0.259. The van der Waals surface area contributed by atoms with Crippen molar-refractivity contribution in [1.29, 1.82) is 0 Å². The summed E-state index contributed by atoms with van der Waals surface area (Å²) < 4.78 is 8.03. The van der Waals surface area contributed by atoms with Crippen LogP contribution < -0.4 is 5.56 Å². The predicted octanol–water partition coefficient (Wildman–Crippen LogP) is 2.41. The number of nitrogens with zero attached hydrogens (tertiary/aromatic N) is 5. The second-order valence-electron chi connectivity index (χ2n) is 6.53. The molecule has 0 aliphatic carbocycles. The summed E-state index contributed by atoms with van der Waals surface area (Å²) in [5, 5.41) is 19.5. The zero-order valence-corrected chi connectivity index (χ0v) is 15.4. The topological polar surface area (TPSA) is 110 Å². The van der Waals surface area contributed by atoms with Gasteiger partial charge in [0, 0.05) is 24.8 Å². The summed E-state index contributed by atoms with van der Waals surface area (Å²) in [5.74, 6) is -0.259. The number of fused-ring (bicyclic) bond motifs is 2. The van der Waals surface area contributed by atoms with Gasteiger partial charge in [-0.3, -0.25) is 9.78 Å². The first-order valence-electron chi connectivity index (χ1n) is 8.87. The number of hydrogen-bond acceptors (Lipinski definition) is 6. The van der Waals surface area contributed by atoms with Crippen molar-refractivity contribution in [3.8, 4) is 28.4 Å². The SMILES string of the molecule is COCn1ncc2cc(-c3cc(=O)n4nc(O)c(-c5ccccn5)c4[nH]3)ccc21. The number of aromatic amines is 1. The molecular formula is C20H16N6O3. The van der Waals surface area contributed by atoms with E-state index in [9.17, 15) is 9.90 Å². The van der Waals surface area contributed by atoms with Crippen molar-refractivity contribution in [2.45, 2.75) is 6.73 Å². The molecule has 0 aliphatic rings. The van der Waals surface area contributed by atoms with Gasteiger partial charge < -0.3 is 14.8 Å². The molecular weight excluding hydrogens is 372 g/mol. The van der Waals surface area contributed by atoms with Crippen molar-refractivity contribution in [2.24, 2.45) is 0 Å². The molecule has 0 spiro atoms. The Morgan fingerprint density at radius 3 is 2.90 bits per heavy atom. The van der Waals surface area contributed by atoms with Gasteiger partial charge in [0.15, 0.2) is 5.65 Å². The summed E-state index contributed by atoms with van der Waals surface area (Å²) in [4.78, 5) is 20.1. The number of ether oxygens (including phenoxy) is 1. The summed E-state index contributed by atoms with van der Waals surface area (Å²) >= 11 is 0. The quantitative estimate of drug-likeness (QED) is 0.489. The molecule has 0 atom stereocenters. The Morgan fingerprint density at radius 1 is 1.21 bits per heavy atom. The van der Waals surface area contributed by atoms with Crippen LogP contribution >= 0.6 is 0 Å². The third-order valence-electron chi connectivity index (χ3n) is 4.72. The zero-order valence-electron chi connectivity index (χ0n) is 15.4. The molecule has 9 nitrogen and oxygen atoms in total. The van der Waals surface area contributed by atoms with Crippen LogP contribution in [0.4, 0.5) is 0 Å². The third-order valence-corrected chi connectivity index (χ3v) is 4.72. The normalized spacial score (nSPS) is 11.5. The minimum atomic E-state index is -0.360. The molecule has 1 aromatic carbocycles. The maximum Gasteiger partial charge on any atom is 0.275 e. The van der Waals surface area contributed by atoms with Crippen LogP contribution in [-0.2, 0) is 11.5 Å². The molecule has 0 bridgehead atoms. The highest BCUT2D eigenvalue weighted by Gasteiger charge is 2.18. The van der Waals surface area contributed by atoms with Gasteiger partial charge in [-0.1, -0.05) is 12.1 Å². The fourth-order valence-corrected chi connectivity index (χ4v) is 3.41. The molecule has 0 fully saturated rings. The Kier molecular flexibility index (Phi) is 3.88. The summed E-state index contributed by atoms with van der Waals surface area (Å²) in [6, 6.07) is 12.5. The van der Waals surface area contributed by atoms with Crippen LogP contribution in [0.1, 0.15) is 0 Å². The van der Waals surface area contributed by atoms with E-state index < -0.39 is 0 Å². The molecule has 0 saturated carbocycles. The van der Waals surface area contributed by atoms with Gasteiger partial charge in [0.1, 0.15) is 12.3 Å². The number of aromatic nitrogens is 6. The molecule has 9 heteroatoms. The number of hydrogen-bond donors (Lipinski definition) is 2. The highest BCUT2D eigenvalue weighted by atomic mass is 16.5. The van der Waals surface area contributed by atoms with Crippen molar-refractivity contribution < 1.29 is 9.84 Å². The van der Waals surface area contributed by atoms with Crippen molar-refractivity contribution in [3.05, 3.63) is 65.2 Å². The maximum atomic E-state index is 12.6. The van der Waals surface area contributed by atoms with E-state index in [1.807, 2.05) is 18.2 Å². The number of aromatic hydroxyl groups is 1. The lowest BCUT2D eigenvalue weighted by molar-refractivity contribution is 0.124. The molecule has 144 valence electrons. The third kappa shape index (κ3) is 2.75. The van der Waals surface area contributed by atoms with E-state index in [0.717, 1.165) is 21.0 Å². The average molecular weight is 388 g/mol. The standard InChI is InChI=1S/C20H16N6O3/c1-29-11-25-16-6-5-12(8-13(16)10-22-25)15-9-17(27)26-19(23-15)18(20(28)24-26)14-4-2-3-7-21-14/h2-10,23H,11H2,1H3,(H,24,28). The molecule has 0 unspecified atom stereocenters. The first-order chi connectivity index (χ1) is 14.2. The highest BCUT2D eigenvalue weighted by Crippen LogP contribution is 2.31. The summed E-state index contributed by atoms with van der Waals surface area (Å²) in [6.45, 7) is 0.355. The van der Waals surface area contributed by atoms with Gasteiger partial charge in [-0.25, -0.2) is 4.68 Å². The van der Waals surface area contributed by atoms with Gasteiger partial charge in [0.2, 0.25) is 5.88 Å². The van der Waals surface area contributed by atoms with Gasteiger partial charge in [0.25, 0.3) is 5.56 Å². The molecule has 4 heterocycles. The number of pyridine rings is 1. The van der Waals surface area contributed by atoms with E-state index in [-0.39, 0.29) is 11.4 Å². The fraction of sp³-hybridized carbons (Fsp3) is 0.100. The van der Waals surface area contributed by atoms with Gasteiger partial charge in [-0.05, 0) is 29.8 Å². The Morgan fingerprint density at radius 2 is 2.10 bits per heavy atom. The van der Waals surface area contributed by atoms with Crippen molar-refractivity contribution in [3.63, 3.8) is 0 Å². The lowest BCUT2D eigenvalue weighted by Crippen LogP contribution is -2.14. The van der Waals surface area contributed by atoms with E-state index in [1.54, 1.807) is 42.4 Å². The van der Waals surface area contributed by atoms with Gasteiger partial charge in [-0.2, -0.15) is 9.61 Å².